The Kier molecular flexibility index (Phi) is 5.01. The van der Waals surface area contributed by atoms with Crippen LogP contribution in [0.2, 0.25) is 0 Å². The van der Waals surface area contributed by atoms with Crippen molar-refractivity contribution < 1.29 is 13.2 Å². The zero-order valence-electron chi connectivity index (χ0n) is 12.9. The molecule has 23 heavy (non-hydrogen) atoms. The van der Waals surface area contributed by atoms with E-state index in [0.29, 0.717) is 0 Å². The van der Waals surface area contributed by atoms with Crippen LogP contribution < -0.4 is 0 Å². The molecule has 0 radical (unpaired) electrons. The van der Waals surface area contributed by atoms with Crippen molar-refractivity contribution >= 4 is 0 Å². The summed E-state index contributed by atoms with van der Waals surface area (Å²) < 4.78 is 40.0. The highest BCUT2D eigenvalue weighted by atomic mass is 19.1. The van der Waals surface area contributed by atoms with Gasteiger partial charge >= 0.3 is 0 Å². The van der Waals surface area contributed by atoms with Gasteiger partial charge in [-0.25, -0.2) is 13.2 Å². The topological polar surface area (TPSA) is 3.24 Å². The number of benzene rings is 2. The Morgan fingerprint density at radius 3 is 1.87 bits per heavy atom. The molecule has 1 unspecified atom stereocenters. The zero-order valence-corrected chi connectivity index (χ0v) is 12.9. The van der Waals surface area contributed by atoms with Gasteiger partial charge in [-0.1, -0.05) is 30.7 Å². The molecule has 4 heteroatoms. The van der Waals surface area contributed by atoms with E-state index < -0.39 is 6.67 Å². The predicted octanol–water partition coefficient (Wildman–Crippen LogP) is 4.88. The van der Waals surface area contributed by atoms with Crippen LogP contribution in [-0.4, -0.2) is 24.2 Å². The monoisotopic (exact) mass is 319 g/mol. The van der Waals surface area contributed by atoms with E-state index in [1.165, 1.54) is 24.3 Å². The van der Waals surface area contributed by atoms with Gasteiger partial charge in [-0.15, -0.1) is 0 Å². The van der Waals surface area contributed by atoms with Gasteiger partial charge in [0.25, 0.3) is 0 Å². The summed E-state index contributed by atoms with van der Waals surface area (Å²) >= 11 is 0. The minimum Gasteiger partial charge on any atom is -0.287 e. The number of alkyl halides is 1. The highest BCUT2D eigenvalue weighted by Gasteiger charge is 2.31. The lowest BCUT2D eigenvalue weighted by atomic mass is 9.92. The van der Waals surface area contributed by atoms with Crippen LogP contribution in [0.5, 0.6) is 0 Å². The maximum absolute atomic E-state index is 13.5. The molecule has 1 nitrogen and oxygen atoms in total. The Morgan fingerprint density at radius 2 is 1.39 bits per heavy atom. The van der Waals surface area contributed by atoms with Crippen molar-refractivity contribution in [2.75, 3.05) is 13.2 Å². The molecule has 2 aromatic carbocycles. The summed E-state index contributed by atoms with van der Waals surface area (Å²) in [5.74, 6) is -0.598. The summed E-state index contributed by atoms with van der Waals surface area (Å²) in [7, 11) is 0. The highest BCUT2D eigenvalue weighted by Crippen LogP contribution is 2.34. The maximum atomic E-state index is 13.5. The Labute approximate surface area is 134 Å². The molecule has 1 aliphatic rings. The van der Waals surface area contributed by atoms with Crippen LogP contribution in [0.3, 0.4) is 0 Å². The molecule has 2 aromatic rings. The fourth-order valence-electron chi connectivity index (χ4n) is 3.39. The van der Waals surface area contributed by atoms with Crippen molar-refractivity contribution in [3.05, 3.63) is 71.3 Å². The van der Waals surface area contributed by atoms with Crippen LogP contribution in [0, 0.1) is 11.6 Å². The zero-order chi connectivity index (χ0) is 16.2. The highest BCUT2D eigenvalue weighted by molar-refractivity contribution is 5.32. The van der Waals surface area contributed by atoms with Crippen molar-refractivity contribution in [1.29, 1.82) is 0 Å². The van der Waals surface area contributed by atoms with Crippen molar-refractivity contribution in [2.24, 2.45) is 0 Å². The molecule has 0 bridgehead atoms. The number of hydrogen-bond acceptors (Lipinski definition) is 1. The van der Waals surface area contributed by atoms with E-state index in [0.717, 1.165) is 36.9 Å². The molecule has 0 saturated carbocycles. The van der Waals surface area contributed by atoms with E-state index >= 15 is 0 Å². The Bertz CT molecular complexity index is 579. The summed E-state index contributed by atoms with van der Waals surface area (Å²) in [5.41, 5.74) is 1.80. The van der Waals surface area contributed by atoms with Gasteiger partial charge in [-0.3, -0.25) is 4.90 Å². The molecule has 3 rings (SSSR count). The molecule has 0 N–H and O–H groups in total. The molecule has 1 aliphatic heterocycles. The first-order valence-electron chi connectivity index (χ1n) is 8.01. The quantitative estimate of drug-likeness (QED) is 0.776. The van der Waals surface area contributed by atoms with Gasteiger partial charge in [-0.05, 0) is 54.8 Å². The second-order valence-corrected chi connectivity index (χ2v) is 6.05. The average molecular weight is 319 g/mol. The van der Waals surface area contributed by atoms with Crippen molar-refractivity contribution in [3.8, 4) is 0 Å². The molecular formula is C19H20F3N. The number of piperidine rings is 1. The molecule has 0 spiro atoms. The first-order chi connectivity index (χ1) is 11.2. The molecule has 0 aliphatic carbocycles. The van der Waals surface area contributed by atoms with E-state index in [4.69, 9.17) is 0 Å². The largest absolute Gasteiger partial charge is 0.287 e. The van der Waals surface area contributed by atoms with E-state index in [-0.39, 0.29) is 23.7 Å². The molecular weight excluding hydrogens is 299 g/mol. The van der Waals surface area contributed by atoms with E-state index in [1.54, 1.807) is 24.3 Å². The van der Waals surface area contributed by atoms with E-state index in [9.17, 15) is 13.2 Å². The van der Waals surface area contributed by atoms with Gasteiger partial charge in [-0.2, -0.15) is 0 Å². The summed E-state index contributed by atoms with van der Waals surface area (Å²) in [6.07, 6.45) is 2.84. The smallest absolute Gasteiger partial charge is 0.123 e. The molecule has 1 fully saturated rings. The van der Waals surface area contributed by atoms with Crippen LogP contribution in [0.1, 0.15) is 36.4 Å². The number of halogens is 3. The Hall–Kier alpha value is -1.81. The van der Waals surface area contributed by atoms with Crippen LogP contribution in [0.4, 0.5) is 13.2 Å². The Balaban J connectivity index is 2.01. The van der Waals surface area contributed by atoms with Gasteiger partial charge < -0.3 is 0 Å². The average Bonchev–Trinajstić information content (AvgIpc) is 2.59. The molecule has 1 heterocycles. The van der Waals surface area contributed by atoms with Gasteiger partial charge in [0.05, 0.1) is 6.04 Å². The van der Waals surface area contributed by atoms with Crippen LogP contribution in [-0.2, 0) is 0 Å². The SMILES string of the molecule is FCC1CCCCN1C(c1ccc(F)cc1)c1ccc(F)cc1. The number of rotatable bonds is 4. The standard InChI is InChI=1S/C19H20F3N/c20-13-18-3-1-2-12-23(18)19(14-4-8-16(21)9-5-14)15-6-10-17(22)11-7-15/h4-11,18-19H,1-3,12-13H2. The van der Waals surface area contributed by atoms with Gasteiger partial charge in [0.15, 0.2) is 0 Å². The van der Waals surface area contributed by atoms with Crippen LogP contribution in [0.25, 0.3) is 0 Å². The van der Waals surface area contributed by atoms with Gasteiger partial charge in [0.2, 0.25) is 0 Å². The minimum atomic E-state index is -0.404. The second kappa shape index (κ2) is 7.18. The lowest BCUT2D eigenvalue weighted by Crippen LogP contribution is -2.43. The third-order valence-corrected chi connectivity index (χ3v) is 4.55. The third kappa shape index (κ3) is 3.58. The Morgan fingerprint density at radius 1 is 0.870 bits per heavy atom. The minimum absolute atomic E-state index is 0.149. The number of nitrogens with zero attached hydrogens (tertiary/aromatic N) is 1. The molecule has 1 saturated heterocycles. The number of likely N-dealkylation sites (tertiary alicyclic amines) is 1. The summed E-state index contributed by atoms with van der Waals surface area (Å²) in [4.78, 5) is 2.13. The van der Waals surface area contributed by atoms with Crippen molar-refractivity contribution in [3.63, 3.8) is 0 Å². The third-order valence-electron chi connectivity index (χ3n) is 4.55. The lowest BCUT2D eigenvalue weighted by molar-refractivity contribution is 0.0929. The van der Waals surface area contributed by atoms with Crippen molar-refractivity contribution in [1.82, 2.24) is 4.90 Å². The fourth-order valence-corrected chi connectivity index (χ4v) is 3.39. The summed E-state index contributed by atoms with van der Waals surface area (Å²) in [5, 5.41) is 0. The first kappa shape index (κ1) is 16.1. The normalized spacial score (nSPS) is 19.2. The van der Waals surface area contributed by atoms with E-state index in [1.807, 2.05) is 0 Å². The molecule has 0 amide bonds. The molecule has 122 valence electrons. The summed E-state index contributed by atoms with van der Waals surface area (Å²) in [6, 6.07) is 12.3. The molecule has 1 atom stereocenters. The van der Waals surface area contributed by atoms with E-state index in [2.05, 4.69) is 4.90 Å². The van der Waals surface area contributed by atoms with Crippen LogP contribution >= 0.6 is 0 Å². The molecule has 0 aromatic heterocycles. The predicted molar refractivity (Wildman–Crippen MR) is 85.0 cm³/mol. The number of hydrogen-bond donors (Lipinski definition) is 0. The van der Waals surface area contributed by atoms with Crippen molar-refractivity contribution in [2.45, 2.75) is 31.3 Å². The van der Waals surface area contributed by atoms with Gasteiger partial charge in [0.1, 0.15) is 18.3 Å². The summed E-state index contributed by atoms with van der Waals surface area (Å²) in [6.45, 7) is 0.382. The van der Waals surface area contributed by atoms with Crippen LogP contribution in [0.15, 0.2) is 48.5 Å². The van der Waals surface area contributed by atoms with Gasteiger partial charge in [0, 0.05) is 6.04 Å². The first-order valence-corrected chi connectivity index (χ1v) is 8.01. The lowest BCUT2D eigenvalue weighted by Gasteiger charge is -2.40. The maximum Gasteiger partial charge on any atom is 0.123 e. The second-order valence-electron chi connectivity index (χ2n) is 6.05. The fraction of sp³-hybridized carbons (Fsp3) is 0.368.